The Hall–Kier alpha value is -1.87. The number of aliphatic imine (C=N–C) groups is 1. The summed E-state index contributed by atoms with van der Waals surface area (Å²) in [6.07, 6.45) is 8.79. The molecule has 2 N–H and O–H groups in total. The van der Waals surface area contributed by atoms with Gasteiger partial charge in [0.15, 0.2) is 5.96 Å². The van der Waals surface area contributed by atoms with Crippen LogP contribution in [0.3, 0.4) is 0 Å². The van der Waals surface area contributed by atoms with E-state index in [2.05, 4.69) is 61.9 Å². The second-order valence-corrected chi connectivity index (χ2v) is 8.40. The minimum absolute atomic E-state index is 0. The van der Waals surface area contributed by atoms with E-state index in [9.17, 15) is 0 Å². The molecule has 1 atom stereocenters. The number of halogens is 1. The number of ether oxygens (including phenoxy) is 1. The monoisotopic (exact) mass is 549 g/mol. The number of aromatic nitrogens is 1. The number of anilines is 1. The third kappa shape index (κ3) is 6.81. The molecule has 32 heavy (non-hydrogen) atoms. The van der Waals surface area contributed by atoms with Gasteiger partial charge in [0.2, 0.25) is 0 Å². The molecule has 2 aromatic rings. The molecule has 7 heteroatoms. The largest absolute Gasteiger partial charge is 0.373 e. The summed E-state index contributed by atoms with van der Waals surface area (Å²) in [6.45, 7) is 3.66. The molecule has 0 radical (unpaired) electrons. The number of hydrogen-bond acceptors (Lipinski definition) is 4. The van der Waals surface area contributed by atoms with E-state index < -0.39 is 0 Å². The lowest BCUT2D eigenvalue weighted by atomic mass is 9.89. The average Bonchev–Trinajstić information content (AvgIpc) is 2.84. The van der Waals surface area contributed by atoms with Crippen LogP contribution in [0.4, 0.5) is 5.82 Å². The van der Waals surface area contributed by atoms with Gasteiger partial charge in [-0.1, -0.05) is 30.3 Å². The maximum absolute atomic E-state index is 6.22. The van der Waals surface area contributed by atoms with Crippen molar-refractivity contribution in [3.8, 4) is 0 Å². The SMILES string of the molecule is CN=C(NCCCOC1CCCc2ccccc21)NC1CCN(c2ccccn2)CC1.I. The Balaban J connectivity index is 0.00000289. The molecular weight excluding hydrogens is 513 g/mol. The van der Waals surface area contributed by atoms with E-state index in [0.29, 0.717) is 6.04 Å². The lowest BCUT2D eigenvalue weighted by Gasteiger charge is -2.33. The Morgan fingerprint density at radius 1 is 1.12 bits per heavy atom. The molecular formula is C25H36IN5O. The summed E-state index contributed by atoms with van der Waals surface area (Å²) < 4.78 is 6.22. The Morgan fingerprint density at radius 2 is 1.94 bits per heavy atom. The van der Waals surface area contributed by atoms with Crippen molar-refractivity contribution in [2.24, 2.45) is 4.99 Å². The van der Waals surface area contributed by atoms with Crippen LogP contribution in [0.1, 0.15) is 49.3 Å². The lowest BCUT2D eigenvalue weighted by Crippen LogP contribution is -2.49. The van der Waals surface area contributed by atoms with Crippen LogP contribution in [-0.4, -0.2) is 50.3 Å². The predicted molar refractivity (Wildman–Crippen MR) is 142 cm³/mol. The standard InChI is InChI=1S/C25H35N5O.HI/c1-26-25(29-21-13-17-30(18-14-21)24-12-4-5-15-27-24)28-16-7-19-31-23-11-6-9-20-8-2-3-10-22(20)23;/h2-5,8,10,12,15,21,23H,6-7,9,11,13-14,16-19H2,1H3,(H2,26,28,29);1H. The minimum atomic E-state index is 0. The van der Waals surface area contributed by atoms with Crippen molar-refractivity contribution in [3.63, 3.8) is 0 Å². The van der Waals surface area contributed by atoms with Crippen molar-refractivity contribution in [2.45, 2.75) is 50.7 Å². The van der Waals surface area contributed by atoms with E-state index in [1.54, 1.807) is 0 Å². The normalized spacial score (nSPS) is 19.1. The van der Waals surface area contributed by atoms with Crippen LogP contribution < -0.4 is 15.5 Å². The Labute approximate surface area is 209 Å². The van der Waals surface area contributed by atoms with Gasteiger partial charge < -0.3 is 20.3 Å². The molecule has 1 unspecified atom stereocenters. The first-order valence-corrected chi connectivity index (χ1v) is 11.7. The second-order valence-electron chi connectivity index (χ2n) is 8.40. The van der Waals surface area contributed by atoms with Gasteiger partial charge in [-0.05, 0) is 61.8 Å². The fourth-order valence-electron chi connectivity index (χ4n) is 4.57. The van der Waals surface area contributed by atoms with Gasteiger partial charge in [0.1, 0.15) is 5.82 Å². The number of rotatable bonds is 7. The van der Waals surface area contributed by atoms with Crippen molar-refractivity contribution >= 4 is 35.8 Å². The molecule has 0 bridgehead atoms. The Kier molecular flexibility index (Phi) is 10.1. The molecule has 174 valence electrons. The van der Waals surface area contributed by atoms with Crippen molar-refractivity contribution < 1.29 is 4.74 Å². The number of hydrogen-bond donors (Lipinski definition) is 2. The highest BCUT2D eigenvalue weighted by Crippen LogP contribution is 2.32. The van der Waals surface area contributed by atoms with Gasteiger partial charge in [-0.15, -0.1) is 24.0 Å². The maximum atomic E-state index is 6.22. The highest BCUT2D eigenvalue weighted by Gasteiger charge is 2.21. The predicted octanol–water partition coefficient (Wildman–Crippen LogP) is 4.32. The molecule has 4 rings (SSSR count). The van der Waals surface area contributed by atoms with E-state index in [1.807, 2.05) is 19.3 Å². The number of pyridine rings is 1. The van der Waals surface area contributed by atoms with E-state index in [4.69, 9.17) is 4.74 Å². The Morgan fingerprint density at radius 3 is 2.72 bits per heavy atom. The zero-order chi connectivity index (χ0) is 21.3. The maximum Gasteiger partial charge on any atom is 0.191 e. The second kappa shape index (κ2) is 13.0. The molecule has 6 nitrogen and oxygen atoms in total. The highest BCUT2D eigenvalue weighted by molar-refractivity contribution is 14.0. The van der Waals surface area contributed by atoms with Gasteiger partial charge in [0.25, 0.3) is 0 Å². The van der Waals surface area contributed by atoms with Crippen molar-refractivity contribution in [1.82, 2.24) is 15.6 Å². The zero-order valence-electron chi connectivity index (χ0n) is 19.0. The fraction of sp³-hybridized carbons (Fsp3) is 0.520. The number of piperidine rings is 1. The molecule has 1 fully saturated rings. The molecule has 1 aromatic carbocycles. The van der Waals surface area contributed by atoms with E-state index >= 15 is 0 Å². The van der Waals surface area contributed by atoms with Gasteiger partial charge in [0.05, 0.1) is 6.10 Å². The molecule has 0 amide bonds. The summed E-state index contributed by atoms with van der Waals surface area (Å²) in [6, 6.07) is 15.3. The van der Waals surface area contributed by atoms with Crippen molar-refractivity contribution in [3.05, 3.63) is 59.8 Å². The third-order valence-electron chi connectivity index (χ3n) is 6.28. The van der Waals surface area contributed by atoms with Crippen LogP contribution in [-0.2, 0) is 11.2 Å². The minimum Gasteiger partial charge on any atom is -0.373 e. The highest BCUT2D eigenvalue weighted by atomic mass is 127. The summed E-state index contributed by atoms with van der Waals surface area (Å²) in [5.74, 6) is 1.96. The molecule has 1 aromatic heterocycles. The molecule has 1 aliphatic heterocycles. The zero-order valence-corrected chi connectivity index (χ0v) is 21.3. The first-order valence-electron chi connectivity index (χ1n) is 11.7. The summed E-state index contributed by atoms with van der Waals surface area (Å²) in [5, 5.41) is 7.03. The Bertz CT molecular complexity index is 839. The number of aryl methyl sites for hydroxylation is 1. The molecule has 0 saturated carbocycles. The van der Waals surface area contributed by atoms with Crippen LogP contribution in [0.2, 0.25) is 0 Å². The topological polar surface area (TPSA) is 61.8 Å². The van der Waals surface area contributed by atoms with E-state index in [1.165, 1.54) is 24.0 Å². The van der Waals surface area contributed by atoms with Crippen LogP contribution in [0.5, 0.6) is 0 Å². The molecule has 0 spiro atoms. The summed E-state index contributed by atoms with van der Waals surface area (Å²) in [7, 11) is 1.84. The van der Waals surface area contributed by atoms with Gasteiger partial charge in [0, 0.05) is 45.5 Å². The van der Waals surface area contributed by atoms with E-state index in [-0.39, 0.29) is 30.1 Å². The molecule has 1 saturated heterocycles. The summed E-state index contributed by atoms with van der Waals surface area (Å²) >= 11 is 0. The molecule has 2 aliphatic rings. The number of nitrogens with zero attached hydrogens (tertiary/aromatic N) is 3. The van der Waals surface area contributed by atoms with Crippen LogP contribution in [0.15, 0.2) is 53.7 Å². The number of guanidine groups is 1. The smallest absolute Gasteiger partial charge is 0.191 e. The lowest BCUT2D eigenvalue weighted by molar-refractivity contribution is 0.0398. The van der Waals surface area contributed by atoms with Crippen LogP contribution >= 0.6 is 24.0 Å². The van der Waals surface area contributed by atoms with E-state index in [0.717, 1.165) is 63.7 Å². The molecule has 1 aliphatic carbocycles. The fourth-order valence-corrected chi connectivity index (χ4v) is 4.57. The summed E-state index contributed by atoms with van der Waals surface area (Å²) in [5.41, 5.74) is 2.84. The quantitative estimate of drug-likeness (QED) is 0.233. The van der Waals surface area contributed by atoms with Gasteiger partial charge in [-0.25, -0.2) is 4.98 Å². The van der Waals surface area contributed by atoms with Gasteiger partial charge in [-0.3, -0.25) is 4.99 Å². The first-order chi connectivity index (χ1) is 15.3. The third-order valence-corrected chi connectivity index (χ3v) is 6.28. The first kappa shape index (κ1) is 24.8. The van der Waals surface area contributed by atoms with Crippen molar-refractivity contribution in [1.29, 1.82) is 0 Å². The average molecular weight is 550 g/mol. The van der Waals surface area contributed by atoms with Gasteiger partial charge >= 0.3 is 0 Å². The van der Waals surface area contributed by atoms with Crippen molar-refractivity contribution in [2.75, 3.05) is 38.2 Å². The molecule has 2 heterocycles. The van der Waals surface area contributed by atoms with Crippen LogP contribution in [0.25, 0.3) is 0 Å². The number of nitrogens with one attached hydrogen (secondary N) is 2. The van der Waals surface area contributed by atoms with Gasteiger partial charge in [-0.2, -0.15) is 0 Å². The van der Waals surface area contributed by atoms with Crippen LogP contribution in [0, 0.1) is 0 Å². The number of benzene rings is 1. The summed E-state index contributed by atoms with van der Waals surface area (Å²) in [4.78, 5) is 11.2. The number of fused-ring (bicyclic) bond motifs is 1.